The fourth-order valence-electron chi connectivity index (χ4n) is 2.08. The Hall–Kier alpha value is -1.62. The maximum atomic E-state index is 12.2. The van der Waals surface area contributed by atoms with Gasteiger partial charge in [0.1, 0.15) is 5.82 Å². The van der Waals surface area contributed by atoms with Gasteiger partial charge in [-0.15, -0.1) is 0 Å². The van der Waals surface area contributed by atoms with E-state index in [-0.39, 0.29) is 12.0 Å². The minimum atomic E-state index is 0.000787. The third kappa shape index (κ3) is 2.74. The predicted octanol–water partition coefficient (Wildman–Crippen LogP) is 0.915. The maximum absolute atomic E-state index is 12.2. The van der Waals surface area contributed by atoms with E-state index in [9.17, 15) is 4.79 Å². The summed E-state index contributed by atoms with van der Waals surface area (Å²) >= 11 is 0. The highest BCUT2D eigenvalue weighted by atomic mass is 16.5. The van der Waals surface area contributed by atoms with E-state index in [1.165, 1.54) is 0 Å². The second-order valence-electron chi connectivity index (χ2n) is 4.22. The summed E-state index contributed by atoms with van der Waals surface area (Å²) in [6.45, 7) is 1.43. The number of anilines is 1. The minimum Gasteiger partial charge on any atom is -0.384 e. The van der Waals surface area contributed by atoms with Crippen molar-refractivity contribution in [3.63, 3.8) is 0 Å². The van der Waals surface area contributed by atoms with Crippen molar-refractivity contribution >= 4 is 11.7 Å². The number of carbonyl (C=O) groups excluding carboxylic acids is 1. The molecule has 0 saturated carbocycles. The Labute approximate surface area is 101 Å². The molecule has 5 nitrogen and oxygen atoms in total. The van der Waals surface area contributed by atoms with Crippen LogP contribution < -0.4 is 5.73 Å². The molecule has 0 radical (unpaired) electrons. The number of carbonyl (C=O) groups is 1. The van der Waals surface area contributed by atoms with Gasteiger partial charge in [0.2, 0.25) is 0 Å². The van der Waals surface area contributed by atoms with Crippen molar-refractivity contribution < 1.29 is 9.53 Å². The average Bonchev–Trinajstić information content (AvgIpc) is 2.38. The molecule has 1 aromatic heterocycles. The number of likely N-dealkylation sites (tertiary alicyclic amines) is 1. The second kappa shape index (κ2) is 5.14. The first kappa shape index (κ1) is 11.9. The molecule has 0 aromatic carbocycles. The number of hydrogen-bond donors (Lipinski definition) is 1. The Kier molecular flexibility index (Phi) is 3.58. The van der Waals surface area contributed by atoms with Crippen LogP contribution in [0.15, 0.2) is 18.3 Å². The number of amides is 1. The quantitative estimate of drug-likeness (QED) is 0.827. The Bertz CT molecular complexity index is 408. The summed E-state index contributed by atoms with van der Waals surface area (Å²) in [4.78, 5) is 17.9. The standard InChI is InChI=1S/C12H17N3O2/c1-17-10-3-2-6-15(8-10)12(16)9-4-5-14-11(13)7-9/h4-5,7,10H,2-3,6,8H2,1H3,(H2,13,14). The van der Waals surface area contributed by atoms with Gasteiger partial charge in [0.25, 0.3) is 5.91 Å². The summed E-state index contributed by atoms with van der Waals surface area (Å²) in [6.07, 6.45) is 3.69. The molecule has 0 spiro atoms. The van der Waals surface area contributed by atoms with Gasteiger partial charge in [-0.1, -0.05) is 0 Å². The third-order valence-corrected chi connectivity index (χ3v) is 3.03. The van der Waals surface area contributed by atoms with Crippen molar-refractivity contribution in [1.29, 1.82) is 0 Å². The summed E-state index contributed by atoms with van der Waals surface area (Å²) in [7, 11) is 1.68. The topological polar surface area (TPSA) is 68.5 Å². The smallest absolute Gasteiger partial charge is 0.254 e. The lowest BCUT2D eigenvalue weighted by molar-refractivity contribution is 0.0269. The van der Waals surface area contributed by atoms with Crippen LogP contribution >= 0.6 is 0 Å². The molecule has 2 rings (SSSR count). The Morgan fingerprint density at radius 1 is 1.65 bits per heavy atom. The van der Waals surface area contributed by atoms with Gasteiger partial charge in [-0.25, -0.2) is 4.98 Å². The van der Waals surface area contributed by atoms with E-state index in [4.69, 9.17) is 10.5 Å². The first-order chi connectivity index (χ1) is 8.20. The molecule has 0 aliphatic carbocycles. The number of nitrogens with zero attached hydrogens (tertiary/aromatic N) is 2. The van der Waals surface area contributed by atoms with Crippen LogP contribution in [-0.4, -0.2) is 42.1 Å². The highest BCUT2D eigenvalue weighted by Crippen LogP contribution is 2.16. The van der Waals surface area contributed by atoms with Crippen LogP contribution in [0.25, 0.3) is 0 Å². The number of pyridine rings is 1. The maximum Gasteiger partial charge on any atom is 0.254 e. The van der Waals surface area contributed by atoms with Crippen LogP contribution in [-0.2, 0) is 4.74 Å². The van der Waals surface area contributed by atoms with Crippen molar-refractivity contribution in [2.24, 2.45) is 0 Å². The fraction of sp³-hybridized carbons (Fsp3) is 0.500. The van der Waals surface area contributed by atoms with Crippen LogP contribution in [0, 0.1) is 0 Å². The van der Waals surface area contributed by atoms with Crippen molar-refractivity contribution in [2.45, 2.75) is 18.9 Å². The van der Waals surface area contributed by atoms with Crippen LogP contribution in [0.4, 0.5) is 5.82 Å². The zero-order valence-electron chi connectivity index (χ0n) is 9.93. The lowest BCUT2D eigenvalue weighted by atomic mass is 10.1. The van der Waals surface area contributed by atoms with Crippen LogP contribution in [0.3, 0.4) is 0 Å². The molecule has 1 saturated heterocycles. The molecule has 1 atom stereocenters. The van der Waals surface area contributed by atoms with Crippen LogP contribution in [0.2, 0.25) is 0 Å². The van der Waals surface area contributed by atoms with E-state index in [0.717, 1.165) is 19.4 Å². The zero-order valence-corrected chi connectivity index (χ0v) is 9.93. The SMILES string of the molecule is COC1CCCN(C(=O)c2ccnc(N)c2)C1. The molecule has 5 heteroatoms. The normalized spacial score (nSPS) is 20.3. The van der Waals surface area contributed by atoms with E-state index in [1.54, 1.807) is 25.4 Å². The molecule has 0 bridgehead atoms. The zero-order chi connectivity index (χ0) is 12.3. The number of nitrogen functional groups attached to an aromatic ring is 1. The van der Waals surface area contributed by atoms with Gasteiger partial charge in [0, 0.05) is 32.0 Å². The molecule has 1 unspecified atom stereocenters. The molecule has 1 fully saturated rings. The van der Waals surface area contributed by atoms with E-state index in [2.05, 4.69) is 4.98 Å². The molecule has 1 aliphatic heterocycles. The Balaban J connectivity index is 2.09. The minimum absolute atomic E-state index is 0.000787. The van der Waals surface area contributed by atoms with E-state index in [1.807, 2.05) is 4.90 Å². The molecular formula is C12H17N3O2. The van der Waals surface area contributed by atoms with Crippen molar-refractivity contribution in [1.82, 2.24) is 9.88 Å². The van der Waals surface area contributed by atoms with E-state index < -0.39 is 0 Å². The Morgan fingerprint density at radius 2 is 2.47 bits per heavy atom. The number of ether oxygens (including phenoxy) is 1. The number of nitrogens with two attached hydrogens (primary N) is 1. The van der Waals surface area contributed by atoms with Crippen molar-refractivity contribution in [2.75, 3.05) is 25.9 Å². The van der Waals surface area contributed by atoms with Gasteiger partial charge in [-0.3, -0.25) is 4.79 Å². The van der Waals surface area contributed by atoms with Gasteiger partial charge in [0.05, 0.1) is 6.10 Å². The molecule has 2 N–H and O–H groups in total. The lowest BCUT2D eigenvalue weighted by Crippen LogP contribution is -2.42. The van der Waals surface area contributed by atoms with Gasteiger partial charge < -0.3 is 15.4 Å². The first-order valence-corrected chi connectivity index (χ1v) is 5.74. The molecule has 1 aromatic rings. The summed E-state index contributed by atoms with van der Waals surface area (Å²) in [6, 6.07) is 3.30. The predicted molar refractivity (Wildman–Crippen MR) is 64.6 cm³/mol. The molecule has 1 aliphatic rings. The molecular weight excluding hydrogens is 218 g/mol. The Morgan fingerprint density at radius 3 is 3.18 bits per heavy atom. The highest BCUT2D eigenvalue weighted by molar-refractivity contribution is 5.94. The number of hydrogen-bond acceptors (Lipinski definition) is 4. The van der Waals surface area contributed by atoms with Crippen LogP contribution in [0.1, 0.15) is 23.2 Å². The largest absolute Gasteiger partial charge is 0.384 e. The first-order valence-electron chi connectivity index (χ1n) is 5.74. The van der Waals surface area contributed by atoms with Crippen molar-refractivity contribution in [3.05, 3.63) is 23.9 Å². The third-order valence-electron chi connectivity index (χ3n) is 3.03. The fourth-order valence-corrected chi connectivity index (χ4v) is 2.08. The molecule has 92 valence electrons. The number of piperidine rings is 1. The van der Waals surface area contributed by atoms with Crippen LogP contribution in [0.5, 0.6) is 0 Å². The van der Waals surface area contributed by atoms with Gasteiger partial charge in [-0.05, 0) is 25.0 Å². The van der Waals surface area contributed by atoms with Gasteiger partial charge >= 0.3 is 0 Å². The molecule has 2 heterocycles. The summed E-state index contributed by atoms with van der Waals surface area (Å²) in [5, 5.41) is 0. The summed E-state index contributed by atoms with van der Waals surface area (Å²) in [5.41, 5.74) is 6.16. The van der Waals surface area contributed by atoms with E-state index >= 15 is 0 Å². The molecule has 1 amide bonds. The van der Waals surface area contributed by atoms with Gasteiger partial charge in [-0.2, -0.15) is 0 Å². The van der Waals surface area contributed by atoms with E-state index in [0.29, 0.717) is 17.9 Å². The van der Waals surface area contributed by atoms with Gasteiger partial charge in [0.15, 0.2) is 0 Å². The average molecular weight is 235 g/mol. The molecule has 17 heavy (non-hydrogen) atoms. The number of rotatable bonds is 2. The summed E-state index contributed by atoms with van der Waals surface area (Å²) in [5.74, 6) is 0.372. The highest BCUT2D eigenvalue weighted by Gasteiger charge is 2.24. The number of aromatic nitrogens is 1. The summed E-state index contributed by atoms with van der Waals surface area (Å²) < 4.78 is 5.30. The lowest BCUT2D eigenvalue weighted by Gasteiger charge is -2.32. The monoisotopic (exact) mass is 235 g/mol. The second-order valence-corrected chi connectivity index (χ2v) is 4.22. The van der Waals surface area contributed by atoms with Crippen molar-refractivity contribution in [3.8, 4) is 0 Å². The number of methoxy groups -OCH3 is 1.